The molecule has 1 amide bonds. The van der Waals surface area contributed by atoms with Gasteiger partial charge in [0.2, 0.25) is 0 Å². The van der Waals surface area contributed by atoms with Crippen LogP contribution in [0.4, 0.5) is 0 Å². The number of phenolic OH excluding ortho intramolecular Hbond substituents is 2. The summed E-state index contributed by atoms with van der Waals surface area (Å²) < 4.78 is 1.93. The first kappa shape index (κ1) is 18.6. The van der Waals surface area contributed by atoms with Crippen molar-refractivity contribution in [1.29, 1.82) is 0 Å². The van der Waals surface area contributed by atoms with Crippen LogP contribution in [0.25, 0.3) is 5.57 Å². The Balaban J connectivity index is 1.68. The topological polar surface area (TPSA) is 98.8 Å². The minimum atomic E-state index is -0.540. The quantitative estimate of drug-likeness (QED) is 0.599. The van der Waals surface area contributed by atoms with Crippen LogP contribution in [-0.2, 0) is 11.3 Å². The lowest BCUT2D eigenvalue weighted by Gasteiger charge is -2.27. The molecule has 0 radical (unpaired) electrons. The lowest BCUT2D eigenvalue weighted by molar-refractivity contribution is -0.129. The molecule has 29 heavy (non-hydrogen) atoms. The number of hydrogen-bond acceptors (Lipinski definition) is 5. The zero-order valence-electron chi connectivity index (χ0n) is 15.6. The molecular formula is C22H21N3O4. The van der Waals surface area contributed by atoms with Crippen molar-refractivity contribution in [2.24, 2.45) is 0 Å². The van der Waals surface area contributed by atoms with Gasteiger partial charge in [-0.05, 0) is 41.8 Å². The number of phenols is 2. The van der Waals surface area contributed by atoms with Crippen molar-refractivity contribution in [3.8, 4) is 11.5 Å². The fourth-order valence-electron chi connectivity index (χ4n) is 3.70. The Morgan fingerprint density at radius 3 is 2.45 bits per heavy atom. The number of aliphatic hydroxyl groups is 1. The molecule has 0 bridgehead atoms. The first-order valence-corrected chi connectivity index (χ1v) is 9.33. The van der Waals surface area contributed by atoms with E-state index in [0.29, 0.717) is 36.2 Å². The fraction of sp³-hybridized carbons (Fsp3) is 0.182. The molecule has 0 spiro atoms. The Kier molecular flexibility index (Phi) is 4.95. The molecule has 2 heterocycles. The number of nitrogens with zero attached hydrogens (tertiary/aromatic N) is 3. The zero-order valence-corrected chi connectivity index (χ0v) is 15.6. The number of aryl methyl sites for hydroxylation is 1. The summed E-state index contributed by atoms with van der Waals surface area (Å²) in [6.07, 6.45) is 5.95. The van der Waals surface area contributed by atoms with Crippen LogP contribution in [0.3, 0.4) is 0 Å². The summed E-state index contributed by atoms with van der Waals surface area (Å²) >= 11 is 0. The Hall–Kier alpha value is -3.74. The minimum Gasteiger partial charge on any atom is -0.508 e. The Labute approximate surface area is 167 Å². The van der Waals surface area contributed by atoms with E-state index in [1.807, 2.05) is 16.8 Å². The van der Waals surface area contributed by atoms with Gasteiger partial charge in [0.15, 0.2) is 5.76 Å². The highest BCUT2D eigenvalue weighted by Crippen LogP contribution is 2.43. The molecule has 1 aliphatic heterocycles. The van der Waals surface area contributed by atoms with Gasteiger partial charge in [0.25, 0.3) is 5.91 Å². The van der Waals surface area contributed by atoms with Crippen molar-refractivity contribution in [3.63, 3.8) is 0 Å². The summed E-state index contributed by atoms with van der Waals surface area (Å²) in [7, 11) is 0. The second-order valence-electron chi connectivity index (χ2n) is 6.96. The van der Waals surface area contributed by atoms with Crippen molar-refractivity contribution in [1.82, 2.24) is 14.5 Å². The van der Waals surface area contributed by atoms with Gasteiger partial charge in [0.05, 0.1) is 12.4 Å². The molecule has 0 aliphatic carbocycles. The van der Waals surface area contributed by atoms with E-state index in [1.165, 1.54) is 12.1 Å². The second kappa shape index (κ2) is 7.71. The number of amides is 1. The third-order valence-corrected chi connectivity index (χ3v) is 5.04. The van der Waals surface area contributed by atoms with E-state index in [2.05, 4.69) is 4.98 Å². The summed E-state index contributed by atoms with van der Waals surface area (Å²) in [5.41, 5.74) is 1.80. The Morgan fingerprint density at radius 1 is 0.966 bits per heavy atom. The van der Waals surface area contributed by atoms with Gasteiger partial charge >= 0.3 is 0 Å². The summed E-state index contributed by atoms with van der Waals surface area (Å²) in [6, 6.07) is 12.5. The average molecular weight is 391 g/mol. The van der Waals surface area contributed by atoms with Gasteiger partial charge in [0, 0.05) is 31.1 Å². The summed E-state index contributed by atoms with van der Waals surface area (Å²) in [5.74, 6) is -0.576. The number of hydrogen-bond donors (Lipinski definition) is 3. The first-order valence-electron chi connectivity index (χ1n) is 9.33. The predicted molar refractivity (Wildman–Crippen MR) is 107 cm³/mol. The lowest BCUT2D eigenvalue weighted by atomic mass is 9.93. The van der Waals surface area contributed by atoms with E-state index < -0.39 is 11.9 Å². The number of aromatic nitrogens is 2. The highest BCUT2D eigenvalue weighted by molar-refractivity contribution is 6.05. The van der Waals surface area contributed by atoms with Gasteiger partial charge in [-0.1, -0.05) is 24.3 Å². The molecule has 1 aliphatic rings. The van der Waals surface area contributed by atoms with Crippen LogP contribution >= 0.6 is 0 Å². The molecule has 7 nitrogen and oxygen atoms in total. The molecule has 3 N–H and O–H groups in total. The molecule has 4 rings (SSSR count). The Morgan fingerprint density at radius 2 is 1.76 bits per heavy atom. The van der Waals surface area contributed by atoms with E-state index in [4.69, 9.17) is 0 Å². The summed E-state index contributed by atoms with van der Waals surface area (Å²) in [5, 5.41) is 30.2. The standard InChI is InChI=1S/C22H21N3O4/c26-17-7-5-15(6-8-17)19-20(16-3-1-4-18(27)13-16)25(22(29)21(19)28)11-2-10-24-12-9-23-14-24/h1,3-9,12-14,20,26-28H,2,10-11H2. The number of rotatable bonds is 6. The molecule has 0 saturated carbocycles. The fourth-order valence-corrected chi connectivity index (χ4v) is 3.70. The second-order valence-corrected chi connectivity index (χ2v) is 6.96. The van der Waals surface area contributed by atoms with Crippen molar-refractivity contribution >= 4 is 11.5 Å². The lowest BCUT2D eigenvalue weighted by Crippen LogP contribution is -2.31. The molecule has 1 aromatic heterocycles. The molecule has 2 aromatic carbocycles. The zero-order chi connectivity index (χ0) is 20.4. The molecule has 1 unspecified atom stereocenters. The number of aromatic hydroxyl groups is 2. The van der Waals surface area contributed by atoms with Gasteiger partial charge in [-0.3, -0.25) is 4.79 Å². The normalized spacial score (nSPS) is 16.6. The van der Waals surface area contributed by atoms with Gasteiger partial charge in [-0.2, -0.15) is 0 Å². The van der Waals surface area contributed by atoms with E-state index in [0.717, 1.165) is 0 Å². The maximum Gasteiger partial charge on any atom is 0.289 e. The third kappa shape index (κ3) is 3.67. The van der Waals surface area contributed by atoms with Crippen LogP contribution in [-0.4, -0.2) is 42.2 Å². The van der Waals surface area contributed by atoms with Gasteiger partial charge < -0.3 is 24.8 Å². The van der Waals surface area contributed by atoms with Gasteiger partial charge in [-0.15, -0.1) is 0 Å². The number of benzene rings is 2. The van der Waals surface area contributed by atoms with Crippen LogP contribution < -0.4 is 0 Å². The molecular weight excluding hydrogens is 370 g/mol. The summed E-state index contributed by atoms with van der Waals surface area (Å²) in [6.45, 7) is 1.11. The van der Waals surface area contributed by atoms with E-state index >= 15 is 0 Å². The van der Waals surface area contributed by atoms with Crippen LogP contribution in [0, 0.1) is 0 Å². The molecule has 148 valence electrons. The number of carbonyl (C=O) groups is 1. The third-order valence-electron chi connectivity index (χ3n) is 5.04. The smallest absolute Gasteiger partial charge is 0.289 e. The van der Waals surface area contributed by atoms with Crippen molar-refractivity contribution in [3.05, 3.63) is 84.1 Å². The van der Waals surface area contributed by atoms with Gasteiger partial charge in [-0.25, -0.2) is 4.98 Å². The largest absolute Gasteiger partial charge is 0.508 e. The number of aliphatic hydroxyl groups excluding tert-OH is 1. The van der Waals surface area contributed by atoms with Crippen molar-refractivity contribution in [2.75, 3.05) is 6.54 Å². The number of carbonyl (C=O) groups excluding carboxylic acids is 1. The highest BCUT2D eigenvalue weighted by atomic mass is 16.3. The van der Waals surface area contributed by atoms with Crippen LogP contribution in [0.5, 0.6) is 11.5 Å². The molecule has 0 saturated heterocycles. The van der Waals surface area contributed by atoms with E-state index in [-0.39, 0.29) is 17.3 Å². The molecule has 7 heteroatoms. The predicted octanol–water partition coefficient (Wildman–Crippen LogP) is 3.24. The summed E-state index contributed by atoms with van der Waals surface area (Å²) in [4.78, 5) is 18.5. The van der Waals surface area contributed by atoms with Crippen LogP contribution in [0.1, 0.15) is 23.6 Å². The van der Waals surface area contributed by atoms with Crippen molar-refractivity contribution in [2.45, 2.75) is 19.0 Å². The van der Waals surface area contributed by atoms with E-state index in [1.54, 1.807) is 47.8 Å². The monoisotopic (exact) mass is 391 g/mol. The van der Waals surface area contributed by atoms with Crippen molar-refractivity contribution < 1.29 is 20.1 Å². The van der Waals surface area contributed by atoms with Crippen LogP contribution in [0.2, 0.25) is 0 Å². The SMILES string of the molecule is O=C1C(O)=C(c2ccc(O)cc2)C(c2cccc(O)c2)N1CCCn1ccnc1. The van der Waals surface area contributed by atoms with Gasteiger partial charge in [0.1, 0.15) is 11.5 Å². The Bertz CT molecular complexity index is 1040. The highest BCUT2D eigenvalue weighted by Gasteiger charge is 2.40. The average Bonchev–Trinajstić information content (AvgIpc) is 3.31. The van der Waals surface area contributed by atoms with E-state index in [9.17, 15) is 20.1 Å². The first-order chi connectivity index (χ1) is 14.0. The minimum absolute atomic E-state index is 0.0877. The molecule has 1 atom stereocenters. The molecule has 3 aromatic rings. The number of imidazole rings is 1. The maximum absolute atomic E-state index is 12.9. The maximum atomic E-state index is 12.9. The van der Waals surface area contributed by atoms with Crippen LogP contribution in [0.15, 0.2) is 73.0 Å². The molecule has 0 fully saturated rings.